The molecule has 0 atom stereocenters. The number of amides is 4. The van der Waals surface area contributed by atoms with Crippen molar-refractivity contribution in [1.29, 1.82) is 0 Å². The zero-order chi connectivity index (χ0) is 15.9. The maximum Gasteiger partial charge on any atom is 0.314 e. The Morgan fingerprint density at radius 1 is 1.05 bits per heavy atom. The lowest BCUT2D eigenvalue weighted by molar-refractivity contribution is -0.136. The van der Waals surface area contributed by atoms with Crippen LogP contribution < -0.4 is 10.6 Å². The molecule has 0 bridgehead atoms. The van der Waals surface area contributed by atoms with Crippen molar-refractivity contribution in [2.75, 3.05) is 19.6 Å². The highest BCUT2D eigenvalue weighted by atomic mass is 16.2. The topological polar surface area (TPSA) is 78.5 Å². The molecule has 0 aromatic rings. The largest absolute Gasteiger partial charge is 0.338 e. The van der Waals surface area contributed by atoms with Crippen molar-refractivity contribution in [3.05, 3.63) is 12.2 Å². The summed E-state index contributed by atoms with van der Waals surface area (Å²) in [6, 6.07) is -0.172. The third-order valence-electron chi connectivity index (χ3n) is 3.16. The Labute approximate surface area is 125 Å². The van der Waals surface area contributed by atoms with Crippen molar-refractivity contribution >= 4 is 17.8 Å². The first-order valence-electron chi connectivity index (χ1n) is 7.35. The quantitative estimate of drug-likeness (QED) is 0.551. The Bertz CT molecular complexity index is 406. The molecule has 0 unspecified atom stereocenters. The molecule has 0 aliphatic carbocycles. The predicted molar refractivity (Wildman–Crippen MR) is 80.6 cm³/mol. The van der Waals surface area contributed by atoms with Gasteiger partial charge >= 0.3 is 6.03 Å². The zero-order valence-electron chi connectivity index (χ0n) is 13.1. The summed E-state index contributed by atoms with van der Waals surface area (Å²) in [4.78, 5) is 35.3. The zero-order valence-corrected chi connectivity index (χ0v) is 13.1. The summed E-state index contributed by atoms with van der Waals surface area (Å²) in [5, 5.41) is 5.57. The van der Waals surface area contributed by atoms with Gasteiger partial charge in [-0.3, -0.25) is 14.5 Å². The molecule has 0 saturated heterocycles. The summed E-state index contributed by atoms with van der Waals surface area (Å²) in [6.45, 7) is 7.97. The predicted octanol–water partition coefficient (Wildman–Crippen LogP) is 1.43. The van der Waals surface area contributed by atoms with Crippen LogP contribution in [0.2, 0.25) is 0 Å². The first-order chi connectivity index (χ1) is 9.79. The van der Waals surface area contributed by atoms with Gasteiger partial charge in [-0.25, -0.2) is 4.79 Å². The Balaban J connectivity index is 2.02. The fourth-order valence-corrected chi connectivity index (χ4v) is 1.86. The number of nitrogens with one attached hydrogen (secondary N) is 2. The fourth-order valence-electron chi connectivity index (χ4n) is 1.86. The van der Waals surface area contributed by atoms with Gasteiger partial charge in [0.2, 0.25) is 0 Å². The lowest BCUT2D eigenvalue weighted by Crippen LogP contribution is -2.37. The van der Waals surface area contributed by atoms with Crippen LogP contribution in [0.4, 0.5) is 4.79 Å². The number of nitrogens with zero attached hydrogens (tertiary/aromatic N) is 1. The van der Waals surface area contributed by atoms with Gasteiger partial charge in [0.05, 0.1) is 0 Å². The van der Waals surface area contributed by atoms with Crippen molar-refractivity contribution in [2.45, 2.75) is 40.0 Å². The average Bonchev–Trinajstić information content (AvgIpc) is 2.68. The molecule has 118 valence electrons. The number of rotatable bonds is 7. The number of carbonyl (C=O) groups is 3. The van der Waals surface area contributed by atoms with E-state index in [0.29, 0.717) is 26.1 Å². The van der Waals surface area contributed by atoms with Crippen LogP contribution >= 0.6 is 0 Å². The summed E-state index contributed by atoms with van der Waals surface area (Å²) >= 11 is 0. The molecule has 2 N–H and O–H groups in total. The van der Waals surface area contributed by atoms with E-state index in [2.05, 4.69) is 31.4 Å². The van der Waals surface area contributed by atoms with Crippen LogP contribution in [0, 0.1) is 5.41 Å². The normalized spacial score (nSPS) is 14.7. The van der Waals surface area contributed by atoms with E-state index in [1.807, 2.05) is 0 Å². The number of imide groups is 1. The molecule has 0 fully saturated rings. The molecular weight excluding hydrogens is 270 g/mol. The highest BCUT2D eigenvalue weighted by Crippen LogP contribution is 2.16. The van der Waals surface area contributed by atoms with Gasteiger partial charge in [0.15, 0.2) is 0 Å². The van der Waals surface area contributed by atoms with Crippen LogP contribution in [-0.2, 0) is 9.59 Å². The molecular formula is C15H25N3O3. The number of hydrogen-bond acceptors (Lipinski definition) is 3. The van der Waals surface area contributed by atoms with Crippen molar-refractivity contribution in [3.63, 3.8) is 0 Å². The molecule has 1 aliphatic rings. The van der Waals surface area contributed by atoms with Crippen LogP contribution in [0.25, 0.3) is 0 Å². The monoisotopic (exact) mass is 295 g/mol. The second kappa shape index (κ2) is 7.81. The minimum atomic E-state index is -0.257. The van der Waals surface area contributed by atoms with E-state index in [9.17, 15) is 14.4 Å². The Kier molecular flexibility index (Phi) is 6.39. The van der Waals surface area contributed by atoms with Crippen LogP contribution in [0.15, 0.2) is 12.2 Å². The minimum Gasteiger partial charge on any atom is -0.338 e. The van der Waals surface area contributed by atoms with Crippen LogP contribution in [0.3, 0.4) is 0 Å². The van der Waals surface area contributed by atoms with E-state index in [1.165, 1.54) is 17.1 Å². The average molecular weight is 295 g/mol. The van der Waals surface area contributed by atoms with Crippen molar-refractivity contribution in [3.8, 4) is 0 Å². The molecule has 0 aromatic carbocycles. The van der Waals surface area contributed by atoms with E-state index in [1.54, 1.807) is 0 Å². The molecule has 0 aromatic heterocycles. The third kappa shape index (κ3) is 6.92. The molecule has 0 radical (unpaired) electrons. The molecule has 21 heavy (non-hydrogen) atoms. The summed E-state index contributed by atoms with van der Waals surface area (Å²) in [6.07, 6.45) is 4.89. The van der Waals surface area contributed by atoms with Gasteiger partial charge < -0.3 is 10.6 Å². The lowest BCUT2D eigenvalue weighted by Gasteiger charge is -2.18. The van der Waals surface area contributed by atoms with E-state index < -0.39 is 0 Å². The fraction of sp³-hybridized carbons (Fsp3) is 0.667. The highest BCUT2D eigenvalue weighted by Gasteiger charge is 2.22. The highest BCUT2D eigenvalue weighted by molar-refractivity contribution is 6.12. The summed E-state index contributed by atoms with van der Waals surface area (Å²) < 4.78 is 0. The first-order valence-corrected chi connectivity index (χ1v) is 7.35. The van der Waals surface area contributed by atoms with Crippen LogP contribution in [0.5, 0.6) is 0 Å². The standard InChI is InChI=1S/C15H25N3O3/c1-15(2,3)8-10-17-14(21)16-9-4-5-11-18-12(19)6-7-13(18)20/h6-7H,4-5,8-11H2,1-3H3,(H2,16,17,21). The lowest BCUT2D eigenvalue weighted by atomic mass is 9.92. The number of hydrogen-bond donors (Lipinski definition) is 2. The Morgan fingerprint density at radius 2 is 1.62 bits per heavy atom. The Morgan fingerprint density at radius 3 is 2.19 bits per heavy atom. The second-order valence-electron chi connectivity index (χ2n) is 6.36. The maximum absolute atomic E-state index is 11.5. The van der Waals surface area contributed by atoms with Gasteiger partial charge in [0.1, 0.15) is 0 Å². The number of unbranched alkanes of at least 4 members (excludes halogenated alkanes) is 1. The van der Waals surface area contributed by atoms with E-state index in [0.717, 1.165) is 12.8 Å². The van der Waals surface area contributed by atoms with Gasteiger partial charge in [-0.05, 0) is 24.7 Å². The molecule has 6 heteroatoms. The molecule has 0 saturated carbocycles. The van der Waals surface area contributed by atoms with Crippen molar-refractivity contribution in [2.24, 2.45) is 5.41 Å². The van der Waals surface area contributed by atoms with E-state index in [-0.39, 0.29) is 23.3 Å². The van der Waals surface area contributed by atoms with Gasteiger partial charge in [-0.15, -0.1) is 0 Å². The second-order valence-corrected chi connectivity index (χ2v) is 6.36. The maximum atomic E-state index is 11.5. The molecule has 4 amide bonds. The molecule has 1 aliphatic heterocycles. The van der Waals surface area contributed by atoms with Crippen molar-refractivity contribution in [1.82, 2.24) is 15.5 Å². The molecule has 0 spiro atoms. The van der Waals surface area contributed by atoms with Crippen LogP contribution in [0.1, 0.15) is 40.0 Å². The first kappa shape index (κ1) is 17.2. The molecule has 1 rings (SSSR count). The Hall–Kier alpha value is -1.85. The van der Waals surface area contributed by atoms with E-state index >= 15 is 0 Å². The SMILES string of the molecule is CC(C)(C)CCNC(=O)NCCCCN1C(=O)C=CC1=O. The van der Waals surface area contributed by atoms with E-state index in [4.69, 9.17) is 0 Å². The van der Waals surface area contributed by atoms with Gasteiger partial charge in [-0.2, -0.15) is 0 Å². The summed E-state index contributed by atoms with van der Waals surface area (Å²) in [7, 11) is 0. The summed E-state index contributed by atoms with van der Waals surface area (Å²) in [5.74, 6) is -0.513. The third-order valence-corrected chi connectivity index (χ3v) is 3.16. The summed E-state index contributed by atoms with van der Waals surface area (Å²) in [5.41, 5.74) is 0.204. The number of urea groups is 1. The molecule has 6 nitrogen and oxygen atoms in total. The van der Waals surface area contributed by atoms with Crippen molar-refractivity contribution < 1.29 is 14.4 Å². The van der Waals surface area contributed by atoms with Crippen LogP contribution in [-0.4, -0.2) is 42.4 Å². The minimum absolute atomic E-state index is 0.172. The van der Waals surface area contributed by atoms with Gasteiger partial charge in [-0.1, -0.05) is 20.8 Å². The van der Waals surface area contributed by atoms with Gasteiger partial charge in [0, 0.05) is 31.8 Å². The number of carbonyl (C=O) groups excluding carboxylic acids is 3. The smallest absolute Gasteiger partial charge is 0.314 e. The van der Waals surface area contributed by atoms with Gasteiger partial charge in [0.25, 0.3) is 11.8 Å². The molecule has 1 heterocycles.